The van der Waals surface area contributed by atoms with Gasteiger partial charge in [0.15, 0.2) is 0 Å². The summed E-state index contributed by atoms with van der Waals surface area (Å²) in [7, 11) is 3.26. The third-order valence-corrected chi connectivity index (χ3v) is 3.52. The van der Waals surface area contributed by atoms with Gasteiger partial charge in [0.2, 0.25) is 11.8 Å². The van der Waals surface area contributed by atoms with Crippen molar-refractivity contribution in [1.29, 1.82) is 0 Å². The predicted octanol–water partition coefficient (Wildman–Crippen LogP) is 3.02. The number of hydrogen-bond donors (Lipinski definition) is 0. The molecule has 1 heterocycles. The molecule has 0 spiro atoms. The summed E-state index contributed by atoms with van der Waals surface area (Å²) >= 11 is 0. The van der Waals surface area contributed by atoms with Gasteiger partial charge in [-0.25, -0.2) is 0 Å². The molecule has 0 unspecified atom stereocenters. The highest BCUT2D eigenvalue weighted by Gasteiger charge is 2.16. The maximum Gasteiger partial charge on any atom is 0.254 e. The van der Waals surface area contributed by atoms with Crippen molar-refractivity contribution in [2.45, 2.75) is 6.54 Å². The minimum atomic E-state index is -0.145. The van der Waals surface area contributed by atoms with Crippen LogP contribution in [0.3, 0.4) is 0 Å². The van der Waals surface area contributed by atoms with Crippen LogP contribution in [-0.4, -0.2) is 35.2 Å². The predicted molar refractivity (Wildman–Crippen MR) is 88.5 cm³/mol. The molecule has 1 amide bonds. The standard InChI is InChI=1S/C18H17N3O3/c1-21(18(22)14-9-6-10-15(11-14)23-2)12-16-19-20-17(24-16)13-7-4-3-5-8-13/h3-11H,12H2,1-2H3. The molecular weight excluding hydrogens is 306 g/mol. The molecule has 0 radical (unpaired) electrons. The second-order valence-electron chi connectivity index (χ2n) is 5.26. The molecule has 0 saturated heterocycles. The van der Waals surface area contributed by atoms with Crippen LogP contribution in [0.2, 0.25) is 0 Å². The SMILES string of the molecule is COc1cccc(C(=O)N(C)Cc2nnc(-c3ccccc3)o2)c1. The molecule has 0 N–H and O–H groups in total. The number of methoxy groups -OCH3 is 1. The van der Waals surface area contributed by atoms with Crippen LogP contribution >= 0.6 is 0 Å². The van der Waals surface area contributed by atoms with Gasteiger partial charge in [0, 0.05) is 18.2 Å². The number of aromatic nitrogens is 2. The van der Waals surface area contributed by atoms with Gasteiger partial charge in [-0.3, -0.25) is 4.79 Å². The summed E-state index contributed by atoms with van der Waals surface area (Å²) in [6.07, 6.45) is 0. The van der Waals surface area contributed by atoms with Crippen LogP contribution in [-0.2, 0) is 6.54 Å². The molecule has 24 heavy (non-hydrogen) atoms. The van der Waals surface area contributed by atoms with Gasteiger partial charge < -0.3 is 14.1 Å². The van der Waals surface area contributed by atoms with E-state index in [1.807, 2.05) is 30.3 Å². The molecule has 0 aliphatic carbocycles. The monoisotopic (exact) mass is 323 g/mol. The molecule has 6 nitrogen and oxygen atoms in total. The van der Waals surface area contributed by atoms with Crippen molar-refractivity contribution in [3.05, 3.63) is 66.1 Å². The fourth-order valence-electron chi connectivity index (χ4n) is 2.27. The van der Waals surface area contributed by atoms with Crippen LogP contribution in [0.5, 0.6) is 5.75 Å². The summed E-state index contributed by atoms with van der Waals surface area (Å²) < 4.78 is 10.8. The Morgan fingerprint density at radius 1 is 1.12 bits per heavy atom. The fraction of sp³-hybridized carbons (Fsp3) is 0.167. The van der Waals surface area contributed by atoms with E-state index in [0.29, 0.717) is 23.1 Å². The van der Waals surface area contributed by atoms with Crippen molar-refractivity contribution < 1.29 is 13.9 Å². The van der Waals surface area contributed by atoms with Crippen molar-refractivity contribution >= 4 is 5.91 Å². The first-order chi connectivity index (χ1) is 11.7. The largest absolute Gasteiger partial charge is 0.497 e. The molecule has 3 aromatic rings. The number of benzene rings is 2. The van der Waals surface area contributed by atoms with Crippen molar-refractivity contribution in [2.24, 2.45) is 0 Å². The zero-order chi connectivity index (χ0) is 16.9. The molecular formula is C18H17N3O3. The normalized spacial score (nSPS) is 10.4. The van der Waals surface area contributed by atoms with Crippen molar-refractivity contribution in [3.8, 4) is 17.2 Å². The van der Waals surface area contributed by atoms with Crippen molar-refractivity contribution in [2.75, 3.05) is 14.2 Å². The Labute approximate surface area is 139 Å². The number of ether oxygens (including phenoxy) is 1. The summed E-state index contributed by atoms with van der Waals surface area (Å²) in [6, 6.07) is 16.5. The first kappa shape index (κ1) is 15.7. The van der Waals surface area contributed by atoms with Gasteiger partial charge in [0.1, 0.15) is 5.75 Å². The van der Waals surface area contributed by atoms with Gasteiger partial charge in [-0.1, -0.05) is 24.3 Å². The van der Waals surface area contributed by atoms with Crippen molar-refractivity contribution in [1.82, 2.24) is 15.1 Å². The zero-order valence-electron chi connectivity index (χ0n) is 13.5. The maximum atomic E-state index is 12.5. The average Bonchev–Trinajstić information content (AvgIpc) is 3.10. The fourth-order valence-corrected chi connectivity index (χ4v) is 2.27. The number of nitrogens with zero attached hydrogens (tertiary/aromatic N) is 3. The lowest BCUT2D eigenvalue weighted by atomic mass is 10.2. The second-order valence-corrected chi connectivity index (χ2v) is 5.26. The molecule has 1 aromatic heterocycles. The lowest BCUT2D eigenvalue weighted by Crippen LogP contribution is -2.26. The Morgan fingerprint density at radius 3 is 2.67 bits per heavy atom. The topological polar surface area (TPSA) is 68.5 Å². The van der Waals surface area contributed by atoms with E-state index in [1.165, 1.54) is 4.90 Å². The molecule has 0 atom stereocenters. The number of hydrogen-bond acceptors (Lipinski definition) is 5. The van der Waals surface area contributed by atoms with E-state index in [1.54, 1.807) is 38.4 Å². The highest BCUT2D eigenvalue weighted by Crippen LogP contribution is 2.18. The Bertz CT molecular complexity index is 830. The smallest absolute Gasteiger partial charge is 0.254 e. The molecule has 0 bridgehead atoms. The van der Waals surface area contributed by atoms with E-state index in [0.717, 1.165) is 5.56 Å². The lowest BCUT2D eigenvalue weighted by molar-refractivity contribution is 0.0772. The van der Waals surface area contributed by atoms with Gasteiger partial charge in [-0.15, -0.1) is 10.2 Å². The first-order valence-corrected chi connectivity index (χ1v) is 7.44. The highest BCUT2D eigenvalue weighted by molar-refractivity contribution is 5.94. The summed E-state index contributed by atoms with van der Waals surface area (Å²) in [4.78, 5) is 14.0. The number of carbonyl (C=O) groups is 1. The second kappa shape index (κ2) is 6.95. The van der Waals surface area contributed by atoms with Crippen LogP contribution < -0.4 is 4.74 Å². The lowest BCUT2D eigenvalue weighted by Gasteiger charge is -2.15. The van der Waals surface area contributed by atoms with Crippen LogP contribution in [0.4, 0.5) is 0 Å². The molecule has 0 fully saturated rings. The van der Waals surface area contributed by atoms with Gasteiger partial charge >= 0.3 is 0 Å². The Balaban J connectivity index is 1.71. The quantitative estimate of drug-likeness (QED) is 0.722. The average molecular weight is 323 g/mol. The molecule has 3 rings (SSSR count). The number of amides is 1. The maximum absolute atomic E-state index is 12.5. The van der Waals surface area contributed by atoms with Gasteiger partial charge in [0.25, 0.3) is 5.91 Å². The molecule has 0 aliphatic heterocycles. The molecule has 0 aliphatic rings. The third-order valence-electron chi connectivity index (χ3n) is 3.52. The minimum absolute atomic E-state index is 0.145. The van der Waals surface area contributed by atoms with Gasteiger partial charge in [-0.2, -0.15) is 0 Å². The van der Waals surface area contributed by atoms with Crippen molar-refractivity contribution in [3.63, 3.8) is 0 Å². The minimum Gasteiger partial charge on any atom is -0.497 e. The van der Waals surface area contributed by atoms with E-state index in [2.05, 4.69) is 10.2 Å². The summed E-state index contributed by atoms with van der Waals surface area (Å²) in [6.45, 7) is 0.232. The van der Waals surface area contributed by atoms with Gasteiger partial charge in [-0.05, 0) is 30.3 Å². The number of rotatable bonds is 5. The zero-order valence-corrected chi connectivity index (χ0v) is 13.5. The van der Waals surface area contributed by atoms with E-state index in [-0.39, 0.29) is 12.5 Å². The summed E-state index contributed by atoms with van der Waals surface area (Å²) in [5.41, 5.74) is 1.39. The van der Waals surface area contributed by atoms with Crippen LogP contribution in [0, 0.1) is 0 Å². The molecule has 6 heteroatoms. The van der Waals surface area contributed by atoms with Crippen LogP contribution in [0.25, 0.3) is 11.5 Å². The molecule has 2 aromatic carbocycles. The Hall–Kier alpha value is -3.15. The summed E-state index contributed by atoms with van der Waals surface area (Å²) in [5, 5.41) is 8.03. The Morgan fingerprint density at radius 2 is 1.92 bits per heavy atom. The highest BCUT2D eigenvalue weighted by atomic mass is 16.5. The number of carbonyl (C=O) groups excluding carboxylic acids is 1. The van der Waals surface area contributed by atoms with Gasteiger partial charge in [0.05, 0.1) is 13.7 Å². The third kappa shape index (κ3) is 3.43. The summed E-state index contributed by atoms with van der Waals surface area (Å²) in [5.74, 6) is 1.31. The van der Waals surface area contributed by atoms with E-state index < -0.39 is 0 Å². The van der Waals surface area contributed by atoms with Crippen LogP contribution in [0.15, 0.2) is 59.0 Å². The van der Waals surface area contributed by atoms with E-state index in [9.17, 15) is 4.79 Å². The van der Waals surface area contributed by atoms with E-state index in [4.69, 9.17) is 9.15 Å². The molecule has 0 saturated carbocycles. The molecule has 122 valence electrons. The first-order valence-electron chi connectivity index (χ1n) is 7.44. The van der Waals surface area contributed by atoms with E-state index >= 15 is 0 Å². The Kier molecular flexibility index (Phi) is 4.56. The van der Waals surface area contributed by atoms with Crippen LogP contribution in [0.1, 0.15) is 16.2 Å².